The average molecular weight is 522 g/mol. The van der Waals surface area contributed by atoms with E-state index < -0.39 is 0 Å². The Morgan fingerprint density at radius 2 is 2.25 bits per heavy atom. The van der Waals surface area contributed by atoms with Crippen molar-refractivity contribution in [3.05, 3.63) is 64.4 Å². The second-order valence-corrected chi connectivity index (χ2v) is 9.89. The summed E-state index contributed by atoms with van der Waals surface area (Å²) in [6.45, 7) is 3.13. The van der Waals surface area contributed by atoms with E-state index >= 15 is 0 Å². The highest BCUT2D eigenvalue weighted by Crippen LogP contribution is 2.30. The van der Waals surface area contributed by atoms with Crippen molar-refractivity contribution < 1.29 is 9.53 Å². The molecular formula is C25H24ClN7O2S. The Hall–Kier alpha value is -3.52. The zero-order valence-corrected chi connectivity index (χ0v) is 21.2. The van der Waals surface area contributed by atoms with Crippen molar-refractivity contribution in [2.45, 2.75) is 45.0 Å². The molecule has 1 amide bonds. The zero-order valence-electron chi connectivity index (χ0n) is 19.6. The van der Waals surface area contributed by atoms with Gasteiger partial charge in [-0.2, -0.15) is 15.5 Å². The quantitative estimate of drug-likeness (QED) is 0.370. The number of aromatic nitrogens is 5. The summed E-state index contributed by atoms with van der Waals surface area (Å²) in [4.78, 5) is 17.4. The molecule has 2 atom stereocenters. The minimum absolute atomic E-state index is 0.0933. The summed E-state index contributed by atoms with van der Waals surface area (Å²) in [5.74, 6) is -0.240. The second kappa shape index (κ2) is 10.6. The first-order valence-corrected chi connectivity index (χ1v) is 12.9. The van der Waals surface area contributed by atoms with Crippen LogP contribution in [0.3, 0.4) is 0 Å². The fourth-order valence-electron chi connectivity index (χ4n) is 4.13. The van der Waals surface area contributed by atoms with Crippen molar-refractivity contribution >= 4 is 28.8 Å². The highest BCUT2D eigenvalue weighted by atomic mass is 35.5. The van der Waals surface area contributed by atoms with Gasteiger partial charge in [0.05, 0.1) is 28.5 Å². The predicted molar refractivity (Wildman–Crippen MR) is 136 cm³/mol. The van der Waals surface area contributed by atoms with E-state index in [1.165, 1.54) is 11.3 Å². The van der Waals surface area contributed by atoms with E-state index in [0.717, 1.165) is 47.8 Å². The molecule has 0 saturated carbocycles. The number of nitriles is 1. The molecule has 2 unspecified atom stereocenters. The first kappa shape index (κ1) is 24.2. The van der Waals surface area contributed by atoms with Crippen molar-refractivity contribution in [1.82, 2.24) is 29.9 Å². The van der Waals surface area contributed by atoms with Crippen LogP contribution in [0.25, 0.3) is 22.0 Å². The Bertz CT molecular complexity index is 1410. The van der Waals surface area contributed by atoms with Crippen LogP contribution >= 0.6 is 22.9 Å². The molecule has 4 aromatic rings. The fraction of sp³-hybridized carbons (Fsp3) is 0.320. The molecule has 1 aliphatic rings. The molecule has 1 saturated heterocycles. The molecule has 36 heavy (non-hydrogen) atoms. The smallest absolute Gasteiger partial charge is 0.271 e. The first-order valence-electron chi connectivity index (χ1n) is 11.7. The molecule has 5 rings (SSSR count). The van der Waals surface area contributed by atoms with Gasteiger partial charge in [0.25, 0.3) is 5.91 Å². The minimum Gasteiger partial charge on any atom is -0.356 e. The SMILES string of the molecule is CC(Cn1ccc(-c2ccc(C#N)c(Cl)c2)n1)NC(=O)c1csc(-c2ccnn2C2CCCCO2)n1. The number of nitrogens with zero attached hydrogens (tertiary/aromatic N) is 6. The molecule has 9 nitrogen and oxygen atoms in total. The van der Waals surface area contributed by atoms with Crippen molar-refractivity contribution in [3.63, 3.8) is 0 Å². The Labute approximate surface area is 217 Å². The van der Waals surface area contributed by atoms with Gasteiger partial charge in [0.15, 0.2) is 6.23 Å². The van der Waals surface area contributed by atoms with Crippen LogP contribution in [0.4, 0.5) is 0 Å². The van der Waals surface area contributed by atoms with Gasteiger partial charge in [-0.15, -0.1) is 11.3 Å². The fourth-order valence-corrected chi connectivity index (χ4v) is 5.17. The first-order chi connectivity index (χ1) is 17.5. The maximum atomic E-state index is 12.9. The van der Waals surface area contributed by atoms with Crippen molar-refractivity contribution in [2.24, 2.45) is 0 Å². The number of nitrogens with one attached hydrogen (secondary N) is 1. The molecular weight excluding hydrogens is 498 g/mol. The molecule has 0 radical (unpaired) electrons. The van der Waals surface area contributed by atoms with Crippen molar-refractivity contribution in [2.75, 3.05) is 6.61 Å². The Kier molecular flexibility index (Phi) is 7.13. The third kappa shape index (κ3) is 5.18. The van der Waals surface area contributed by atoms with Gasteiger partial charge in [-0.3, -0.25) is 9.48 Å². The number of benzene rings is 1. The van der Waals surface area contributed by atoms with E-state index in [1.54, 1.807) is 28.4 Å². The maximum Gasteiger partial charge on any atom is 0.271 e. The van der Waals surface area contributed by atoms with Gasteiger partial charge in [0.2, 0.25) is 0 Å². The normalized spacial score (nSPS) is 16.4. The van der Waals surface area contributed by atoms with Gasteiger partial charge in [-0.25, -0.2) is 9.67 Å². The van der Waals surface area contributed by atoms with Crippen LogP contribution < -0.4 is 5.32 Å². The van der Waals surface area contributed by atoms with Crippen LogP contribution in [0, 0.1) is 11.3 Å². The third-order valence-corrected chi connectivity index (χ3v) is 7.10. The van der Waals surface area contributed by atoms with E-state index in [1.807, 2.05) is 36.0 Å². The molecule has 1 aliphatic heterocycles. The number of thiazole rings is 1. The lowest BCUT2D eigenvalue weighted by Gasteiger charge is -2.24. The Balaban J connectivity index is 1.21. The number of hydrogen-bond donors (Lipinski definition) is 1. The topological polar surface area (TPSA) is 111 Å². The lowest BCUT2D eigenvalue weighted by atomic mass is 10.1. The van der Waals surface area contributed by atoms with Crippen molar-refractivity contribution in [3.8, 4) is 28.0 Å². The maximum absolute atomic E-state index is 12.9. The number of ether oxygens (including phenoxy) is 1. The van der Waals surface area contributed by atoms with Gasteiger partial charge < -0.3 is 10.1 Å². The summed E-state index contributed by atoms with van der Waals surface area (Å²) in [7, 11) is 0. The van der Waals surface area contributed by atoms with Gasteiger partial charge >= 0.3 is 0 Å². The zero-order chi connectivity index (χ0) is 25.1. The van der Waals surface area contributed by atoms with E-state index in [-0.39, 0.29) is 18.2 Å². The lowest BCUT2D eigenvalue weighted by molar-refractivity contribution is -0.0383. The summed E-state index contributed by atoms with van der Waals surface area (Å²) in [6.07, 6.45) is 6.57. The number of carbonyl (C=O) groups excluding carboxylic acids is 1. The number of hydrogen-bond acceptors (Lipinski definition) is 7. The summed E-state index contributed by atoms with van der Waals surface area (Å²) < 4.78 is 9.49. The van der Waals surface area contributed by atoms with Gasteiger partial charge in [0.1, 0.15) is 16.8 Å². The predicted octanol–water partition coefficient (Wildman–Crippen LogP) is 4.91. The Morgan fingerprint density at radius 1 is 1.36 bits per heavy atom. The number of halogens is 1. The molecule has 11 heteroatoms. The minimum atomic E-state index is -0.240. The summed E-state index contributed by atoms with van der Waals surface area (Å²) in [6, 6.07) is 10.9. The van der Waals surface area contributed by atoms with Crippen LogP contribution in [0.15, 0.2) is 48.1 Å². The molecule has 0 spiro atoms. The highest BCUT2D eigenvalue weighted by Gasteiger charge is 2.22. The van der Waals surface area contributed by atoms with E-state index in [9.17, 15) is 4.79 Å². The van der Waals surface area contributed by atoms with E-state index in [0.29, 0.717) is 22.8 Å². The van der Waals surface area contributed by atoms with Crippen molar-refractivity contribution in [1.29, 1.82) is 5.26 Å². The lowest BCUT2D eigenvalue weighted by Crippen LogP contribution is -2.36. The summed E-state index contributed by atoms with van der Waals surface area (Å²) in [5.41, 5.74) is 3.21. The van der Waals surface area contributed by atoms with Gasteiger partial charge in [-0.05, 0) is 50.5 Å². The molecule has 4 heterocycles. The van der Waals surface area contributed by atoms with Crippen LogP contribution in [0.2, 0.25) is 5.02 Å². The standard InChI is InChI=1S/C25H24ClN7O2S/c1-16(14-32-10-8-20(31-32)17-5-6-18(13-27)19(26)12-17)29-24(34)21-15-36-25(30-21)22-7-9-28-33(22)23-4-2-3-11-35-23/h5-10,12,15-16,23H,2-4,11,14H2,1H3,(H,29,34). The van der Waals surface area contributed by atoms with Crippen LogP contribution in [-0.4, -0.2) is 43.1 Å². The number of rotatable bonds is 7. The van der Waals surface area contributed by atoms with Crippen LogP contribution in [-0.2, 0) is 11.3 Å². The van der Waals surface area contributed by atoms with Gasteiger partial charge in [0, 0.05) is 36.0 Å². The average Bonchev–Trinajstić information content (AvgIpc) is 3.65. The monoisotopic (exact) mass is 521 g/mol. The second-order valence-electron chi connectivity index (χ2n) is 8.62. The van der Waals surface area contributed by atoms with Gasteiger partial charge in [-0.1, -0.05) is 17.7 Å². The molecule has 0 bridgehead atoms. The van der Waals surface area contributed by atoms with Crippen LogP contribution in [0.1, 0.15) is 48.5 Å². The largest absolute Gasteiger partial charge is 0.356 e. The molecule has 1 aromatic carbocycles. The molecule has 1 fully saturated rings. The van der Waals surface area contributed by atoms with Crippen LogP contribution in [0.5, 0.6) is 0 Å². The molecule has 1 N–H and O–H groups in total. The Morgan fingerprint density at radius 3 is 3.03 bits per heavy atom. The molecule has 184 valence electrons. The van der Waals surface area contributed by atoms with E-state index in [4.69, 9.17) is 21.6 Å². The number of carbonyl (C=O) groups is 1. The number of amides is 1. The highest BCUT2D eigenvalue weighted by molar-refractivity contribution is 7.13. The third-order valence-electron chi connectivity index (χ3n) is 5.92. The summed E-state index contributed by atoms with van der Waals surface area (Å²) >= 11 is 7.56. The van der Waals surface area contributed by atoms with E-state index in [2.05, 4.69) is 26.6 Å². The molecule has 0 aliphatic carbocycles. The molecule has 3 aromatic heterocycles. The summed E-state index contributed by atoms with van der Waals surface area (Å²) in [5, 5.41) is 23.9.